The van der Waals surface area contributed by atoms with E-state index in [1.54, 1.807) is 24.3 Å². The van der Waals surface area contributed by atoms with Crippen LogP contribution in [0.3, 0.4) is 0 Å². The lowest BCUT2D eigenvalue weighted by molar-refractivity contribution is -0.384. The maximum Gasteiger partial charge on any atom is 0.337 e. The molecule has 0 spiro atoms. The molecule has 11 heteroatoms. The molecule has 29 heavy (non-hydrogen) atoms. The number of anilines is 1. The van der Waals surface area contributed by atoms with Crippen molar-refractivity contribution < 1.29 is 24.1 Å². The molecule has 0 unspecified atom stereocenters. The lowest BCUT2D eigenvalue weighted by Crippen LogP contribution is -2.16. The molecule has 0 aliphatic heterocycles. The molecule has 2 aromatic carbocycles. The molecule has 0 aliphatic carbocycles. The molecule has 0 saturated heterocycles. The number of nitrogens with zero attached hydrogens (tertiary/aromatic N) is 3. The van der Waals surface area contributed by atoms with Crippen LogP contribution in [0.4, 0.5) is 10.8 Å². The summed E-state index contributed by atoms with van der Waals surface area (Å²) in [7, 11) is 1.30. The summed E-state index contributed by atoms with van der Waals surface area (Å²) in [5, 5.41) is 17.3. The van der Waals surface area contributed by atoms with Gasteiger partial charge in [-0.05, 0) is 18.2 Å². The smallest absolute Gasteiger partial charge is 0.337 e. The number of carbonyl (C=O) groups excluding carboxylic acids is 2. The van der Waals surface area contributed by atoms with Crippen LogP contribution < -0.4 is 5.32 Å². The van der Waals surface area contributed by atoms with Crippen LogP contribution in [-0.4, -0.2) is 41.7 Å². The molecule has 0 radical (unpaired) electrons. The summed E-state index contributed by atoms with van der Waals surface area (Å²) >= 11 is 1.20. The van der Waals surface area contributed by atoms with E-state index in [4.69, 9.17) is 4.84 Å². The Labute approximate surface area is 167 Å². The Balaban J connectivity index is 1.56. The number of methoxy groups -OCH3 is 1. The summed E-state index contributed by atoms with van der Waals surface area (Å²) in [4.78, 5) is 42.9. The monoisotopic (exact) mass is 414 g/mol. The number of benzene rings is 2. The van der Waals surface area contributed by atoms with Gasteiger partial charge in [0.2, 0.25) is 0 Å². The Morgan fingerprint density at radius 2 is 2.14 bits per heavy atom. The lowest BCUT2D eigenvalue weighted by Gasteiger charge is -1.99. The summed E-state index contributed by atoms with van der Waals surface area (Å²) in [5.74, 6) is -0.936. The molecule has 0 atom stereocenters. The van der Waals surface area contributed by atoms with Crippen molar-refractivity contribution in [3.05, 3.63) is 63.7 Å². The number of nitro groups is 1. The molecule has 1 N–H and O–H groups in total. The van der Waals surface area contributed by atoms with Crippen molar-refractivity contribution in [3.63, 3.8) is 0 Å². The van der Waals surface area contributed by atoms with Crippen LogP contribution in [0.5, 0.6) is 0 Å². The first-order chi connectivity index (χ1) is 14.0. The van der Waals surface area contributed by atoms with Crippen molar-refractivity contribution in [1.82, 2.24) is 4.98 Å². The third-order valence-electron chi connectivity index (χ3n) is 3.61. The number of hydrogen-bond acceptors (Lipinski definition) is 9. The Hall–Kier alpha value is -3.86. The van der Waals surface area contributed by atoms with E-state index in [2.05, 4.69) is 20.2 Å². The van der Waals surface area contributed by atoms with Gasteiger partial charge in [0.05, 0.1) is 34.0 Å². The van der Waals surface area contributed by atoms with Gasteiger partial charge in [-0.2, -0.15) is 0 Å². The molecular weight excluding hydrogens is 400 g/mol. The van der Waals surface area contributed by atoms with Gasteiger partial charge in [-0.15, -0.1) is 0 Å². The zero-order valence-electron chi connectivity index (χ0n) is 15.0. The van der Waals surface area contributed by atoms with Crippen molar-refractivity contribution in [2.75, 3.05) is 19.0 Å². The highest BCUT2D eigenvalue weighted by Gasteiger charge is 2.11. The second-order valence-corrected chi connectivity index (χ2v) is 6.63. The number of carbonyl (C=O) groups is 2. The van der Waals surface area contributed by atoms with Gasteiger partial charge in [-0.3, -0.25) is 20.2 Å². The summed E-state index contributed by atoms with van der Waals surface area (Å²) in [6, 6.07) is 10.7. The van der Waals surface area contributed by atoms with Crippen molar-refractivity contribution in [3.8, 4) is 0 Å². The standard InChI is InChI=1S/C18H14N4O6S/c1-27-17(24)12-5-6-14-15(8-12)29-18(20-14)21-16(23)10-28-19-9-11-3-2-4-13(7-11)22(25)26/h2-9H,10H2,1H3,(H,20,21,23)/b19-9+. The molecule has 10 nitrogen and oxygen atoms in total. The first-order valence-corrected chi connectivity index (χ1v) is 8.96. The fourth-order valence-corrected chi connectivity index (χ4v) is 3.21. The Morgan fingerprint density at radius 1 is 1.31 bits per heavy atom. The summed E-state index contributed by atoms with van der Waals surface area (Å²) in [6.07, 6.45) is 1.27. The Kier molecular flexibility index (Phi) is 6.09. The summed E-state index contributed by atoms with van der Waals surface area (Å²) in [6.45, 7) is -0.366. The van der Waals surface area contributed by atoms with Gasteiger partial charge in [0.15, 0.2) is 11.7 Å². The number of rotatable bonds is 7. The zero-order chi connectivity index (χ0) is 20.8. The maximum atomic E-state index is 12.0. The SMILES string of the molecule is COC(=O)c1ccc2nc(NC(=O)CO/N=C/c3cccc([N+](=O)[O-])c3)sc2c1. The summed E-state index contributed by atoms with van der Waals surface area (Å²) in [5.41, 5.74) is 1.41. The molecule has 3 aromatic rings. The third kappa shape index (κ3) is 5.11. The van der Waals surface area contributed by atoms with Crippen LogP contribution >= 0.6 is 11.3 Å². The molecular formula is C18H14N4O6S. The number of amides is 1. The van der Waals surface area contributed by atoms with Crippen LogP contribution in [-0.2, 0) is 14.4 Å². The fourth-order valence-electron chi connectivity index (χ4n) is 2.29. The first-order valence-electron chi connectivity index (χ1n) is 8.15. The van der Waals surface area contributed by atoms with Crippen LogP contribution in [0, 0.1) is 10.1 Å². The average Bonchev–Trinajstić information content (AvgIpc) is 3.12. The number of nitrogens with one attached hydrogen (secondary N) is 1. The Morgan fingerprint density at radius 3 is 2.90 bits per heavy atom. The van der Waals surface area contributed by atoms with Crippen molar-refractivity contribution >= 4 is 50.5 Å². The molecule has 1 heterocycles. The van der Waals surface area contributed by atoms with Gasteiger partial charge in [-0.25, -0.2) is 9.78 Å². The molecule has 1 amide bonds. The molecule has 0 saturated carbocycles. The predicted molar refractivity (Wildman–Crippen MR) is 106 cm³/mol. The minimum absolute atomic E-state index is 0.0714. The largest absolute Gasteiger partial charge is 0.465 e. The number of thiazole rings is 1. The van der Waals surface area contributed by atoms with E-state index < -0.39 is 16.8 Å². The van der Waals surface area contributed by atoms with E-state index in [-0.39, 0.29) is 12.3 Å². The number of hydrogen-bond donors (Lipinski definition) is 1. The number of esters is 1. The van der Waals surface area contributed by atoms with Crippen molar-refractivity contribution in [2.45, 2.75) is 0 Å². The highest BCUT2D eigenvalue weighted by Crippen LogP contribution is 2.27. The fraction of sp³-hybridized carbons (Fsp3) is 0.111. The molecule has 0 fully saturated rings. The van der Waals surface area contributed by atoms with Gasteiger partial charge in [0.25, 0.3) is 11.6 Å². The predicted octanol–water partition coefficient (Wildman–Crippen LogP) is 2.98. The highest BCUT2D eigenvalue weighted by atomic mass is 32.1. The number of nitro benzene ring substituents is 1. The van der Waals surface area contributed by atoms with Crippen molar-refractivity contribution in [2.24, 2.45) is 5.16 Å². The third-order valence-corrected chi connectivity index (χ3v) is 4.54. The number of ether oxygens (including phenoxy) is 1. The first kappa shape index (κ1) is 19.9. The van der Waals surface area contributed by atoms with Gasteiger partial charge in [0, 0.05) is 17.7 Å². The quantitative estimate of drug-likeness (QED) is 0.272. The Bertz CT molecular complexity index is 1110. The molecule has 0 aliphatic rings. The number of aromatic nitrogens is 1. The number of fused-ring (bicyclic) bond motifs is 1. The maximum absolute atomic E-state index is 12.0. The molecule has 3 rings (SSSR count). The highest BCUT2D eigenvalue weighted by molar-refractivity contribution is 7.22. The van der Waals surface area contributed by atoms with E-state index in [0.717, 1.165) is 0 Å². The van der Waals surface area contributed by atoms with Gasteiger partial charge >= 0.3 is 5.97 Å². The van der Waals surface area contributed by atoms with Crippen LogP contribution in [0.15, 0.2) is 47.6 Å². The normalized spacial score (nSPS) is 10.8. The van der Waals surface area contributed by atoms with E-state index >= 15 is 0 Å². The lowest BCUT2D eigenvalue weighted by atomic mass is 10.2. The van der Waals surface area contributed by atoms with E-state index in [1.807, 2.05) is 0 Å². The second kappa shape index (κ2) is 8.89. The number of oxime groups is 1. The van der Waals surface area contributed by atoms with Crippen molar-refractivity contribution in [1.29, 1.82) is 0 Å². The van der Waals surface area contributed by atoms with E-state index in [9.17, 15) is 19.7 Å². The zero-order valence-corrected chi connectivity index (χ0v) is 15.8. The van der Waals surface area contributed by atoms with Gasteiger partial charge in [-0.1, -0.05) is 28.6 Å². The number of non-ortho nitro benzene ring substituents is 1. The molecule has 148 valence electrons. The van der Waals surface area contributed by atoms with E-state index in [0.29, 0.717) is 26.5 Å². The van der Waals surface area contributed by atoms with Gasteiger partial charge in [0.1, 0.15) is 0 Å². The van der Waals surface area contributed by atoms with Gasteiger partial charge < -0.3 is 9.57 Å². The van der Waals surface area contributed by atoms with Crippen LogP contribution in [0.1, 0.15) is 15.9 Å². The summed E-state index contributed by atoms with van der Waals surface area (Å²) < 4.78 is 5.39. The van der Waals surface area contributed by atoms with Crippen LogP contribution in [0.25, 0.3) is 10.2 Å². The topological polar surface area (TPSA) is 133 Å². The van der Waals surface area contributed by atoms with E-state index in [1.165, 1.54) is 42.9 Å². The molecule has 1 aromatic heterocycles. The average molecular weight is 414 g/mol. The van der Waals surface area contributed by atoms with Crippen LogP contribution in [0.2, 0.25) is 0 Å². The second-order valence-electron chi connectivity index (χ2n) is 5.60. The minimum Gasteiger partial charge on any atom is -0.465 e. The molecule has 0 bridgehead atoms. The minimum atomic E-state index is -0.516.